The fourth-order valence-corrected chi connectivity index (χ4v) is 3.15. The third-order valence-corrected chi connectivity index (χ3v) is 4.57. The van der Waals surface area contributed by atoms with Crippen LogP contribution in [0.3, 0.4) is 0 Å². The van der Waals surface area contributed by atoms with Crippen molar-refractivity contribution in [2.45, 2.75) is 13.3 Å². The lowest BCUT2D eigenvalue weighted by atomic mass is 10.1. The van der Waals surface area contributed by atoms with Crippen LogP contribution in [0, 0.1) is 11.3 Å². The van der Waals surface area contributed by atoms with Gasteiger partial charge < -0.3 is 15.1 Å². The normalized spacial score (nSPS) is 14.1. The highest BCUT2D eigenvalue weighted by Crippen LogP contribution is 2.22. The molecule has 0 atom stereocenters. The molecule has 1 heterocycles. The number of para-hydroxylation sites is 2. The van der Waals surface area contributed by atoms with Gasteiger partial charge in [0.2, 0.25) is 0 Å². The second kappa shape index (κ2) is 7.71. The predicted molar refractivity (Wildman–Crippen MR) is 99.8 cm³/mol. The minimum absolute atomic E-state index is 0.147. The van der Waals surface area contributed by atoms with Crippen molar-refractivity contribution in [3.8, 4) is 6.07 Å². The first-order valence-electron chi connectivity index (χ1n) is 8.61. The Morgan fingerprint density at radius 1 is 1.08 bits per heavy atom. The van der Waals surface area contributed by atoms with Crippen molar-refractivity contribution in [2.24, 2.45) is 0 Å². The Labute approximate surface area is 148 Å². The molecule has 128 valence electrons. The van der Waals surface area contributed by atoms with E-state index in [9.17, 15) is 4.79 Å². The molecular formula is C20H22N4O. The molecule has 5 heteroatoms. The molecular weight excluding hydrogens is 312 g/mol. The van der Waals surface area contributed by atoms with E-state index in [0.29, 0.717) is 24.3 Å². The number of hydrogen-bond donors (Lipinski definition) is 1. The topological polar surface area (TPSA) is 59.4 Å². The van der Waals surface area contributed by atoms with Gasteiger partial charge in [-0.05, 0) is 30.2 Å². The van der Waals surface area contributed by atoms with Crippen LogP contribution < -0.4 is 10.2 Å². The minimum Gasteiger partial charge on any atom is -0.368 e. The van der Waals surface area contributed by atoms with E-state index in [1.165, 1.54) is 11.3 Å². The quantitative estimate of drug-likeness (QED) is 0.935. The molecule has 5 nitrogen and oxygen atoms in total. The zero-order valence-electron chi connectivity index (χ0n) is 14.4. The Morgan fingerprint density at radius 3 is 2.48 bits per heavy atom. The summed E-state index contributed by atoms with van der Waals surface area (Å²) in [5, 5.41) is 12.0. The fourth-order valence-electron chi connectivity index (χ4n) is 3.15. The largest absolute Gasteiger partial charge is 0.368 e. The number of hydrogen-bond acceptors (Lipinski definition) is 3. The molecule has 0 radical (unpaired) electrons. The molecule has 2 aromatic carbocycles. The molecule has 3 rings (SSSR count). The summed E-state index contributed by atoms with van der Waals surface area (Å²) in [5.41, 5.74) is 3.64. The molecule has 1 saturated heterocycles. The molecule has 1 fully saturated rings. The van der Waals surface area contributed by atoms with E-state index in [0.717, 1.165) is 19.5 Å². The number of urea groups is 1. The maximum atomic E-state index is 12.5. The molecule has 1 N–H and O–H groups in total. The zero-order valence-corrected chi connectivity index (χ0v) is 14.4. The van der Waals surface area contributed by atoms with E-state index in [4.69, 9.17) is 5.26 Å². The summed E-state index contributed by atoms with van der Waals surface area (Å²) >= 11 is 0. The number of nitrogens with one attached hydrogen (secondary N) is 1. The summed E-state index contributed by atoms with van der Waals surface area (Å²) < 4.78 is 0. The van der Waals surface area contributed by atoms with Gasteiger partial charge in [-0.15, -0.1) is 0 Å². The molecule has 1 aliphatic rings. The van der Waals surface area contributed by atoms with Crippen LogP contribution in [0.1, 0.15) is 18.1 Å². The molecule has 0 spiro atoms. The van der Waals surface area contributed by atoms with Gasteiger partial charge in [0.25, 0.3) is 0 Å². The Hall–Kier alpha value is -3.00. The number of rotatable bonds is 3. The zero-order chi connectivity index (χ0) is 17.6. The molecule has 0 unspecified atom stereocenters. The maximum absolute atomic E-state index is 12.5. The van der Waals surface area contributed by atoms with E-state index in [1.54, 1.807) is 23.1 Å². The second-order valence-corrected chi connectivity index (χ2v) is 6.04. The number of nitrogens with zero attached hydrogens (tertiary/aromatic N) is 3. The molecule has 0 saturated carbocycles. The molecule has 0 bridgehead atoms. The summed E-state index contributed by atoms with van der Waals surface area (Å²) in [6, 6.07) is 17.5. The summed E-state index contributed by atoms with van der Waals surface area (Å²) in [6.45, 7) is 5.11. The van der Waals surface area contributed by atoms with Crippen molar-refractivity contribution in [2.75, 3.05) is 36.4 Å². The van der Waals surface area contributed by atoms with Crippen LogP contribution >= 0.6 is 0 Å². The van der Waals surface area contributed by atoms with Crippen molar-refractivity contribution in [3.63, 3.8) is 0 Å². The van der Waals surface area contributed by atoms with E-state index in [2.05, 4.69) is 47.5 Å². The fraction of sp³-hybridized carbons (Fsp3) is 0.300. The third-order valence-electron chi connectivity index (χ3n) is 4.57. The van der Waals surface area contributed by atoms with Gasteiger partial charge in [0, 0.05) is 31.9 Å². The molecule has 1 aliphatic heterocycles. The van der Waals surface area contributed by atoms with E-state index < -0.39 is 0 Å². The lowest BCUT2D eigenvalue weighted by molar-refractivity contribution is 0.208. The minimum atomic E-state index is -0.147. The third kappa shape index (κ3) is 3.74. The van der Waals surface area contributed by atoms with Crippen molar-refractivity contribution < 1.29 is 4.79 Å². The van der Waals surface area contributed by atoms with Crippen molar-refractivity contribution in [3.05, 3.63) is 59.7 Å². The lowest BCUT2D eigenvalue weighted by Gasteiger charge is -2.37. The van der Waals surface area contributed by atoms with Crippen LogP contribution in [0.25, 0.3) is 0 Å². The number of carbonyl (C=O) groups is 1. The Morgan fingerprint density at radius 2 is 1.76 bits per heavy atom. The van der Waals surface area contributed by atoms with E-state index >= 15 is 0 Å². The van der Waals surface area contributed by atoms with Crippen LogP contribution in [-0.2, 0) is 6.42 Å². The smallest absolute Gasteiger partial charge is 0.322 e. The SMILES string of the molecule is CCc1ccccc1N1CCN(C(=O)Nc2ccccc2C#N)CC1. The van der Waals surface area contributed by atoms with Gasteiger partial charge >= 0.3 is 6.03 Å². The molecule has 0 aliphatic carbocycles. The number of aryl methyl sites for hydroxylation is 1. The number of anilines is 2. The number of piperazine rings is 1. The van der Waals surface area contributed by atoms with Gasteiger partial charge in [-0.3, -0.25) is 0 Å². The monoisotopic (exact) mass is 334 g/mol. The Bertz CT molecular complexity index is 788. The van der Waals surface area contributed by atoms with Gasteiger partial charge in [0.1, 0.15) is 6.07 Å². The predicted octanol–water partition coefficient (Wildman–Crippen LogP) is 3.47. The van der Waals surface area contributed by atoms with Gasteiger partial charge in [-0.25, -0.2) is 4.79 Å². The molecule has 25 heavy (non-hydrogen) atoms. The van der Waals surface area contributed by atoms with Gasteiger partial charge in [0.05, 0.1) is 11.3 Å². The van der Waals surface area contributed by atoms with E-state index in [1.807, 2.05) is 6.07 Å². The lowest BCUT2D eigenvalue weighted by Crippen LogP contribution is -2.50. The maximum Gasteiger partial charge on any atom is 0.322 e. The Kier molecular flexibility index (Phi) is 5.20. The van der Waals surface area contributed by atoms with Crippen LogP contribution in [0.5, 0.6) is 0 Å². The second-order valence-electron chi connectivity index (χ2n) is 6.04. The number of nitriles is 1. The average molecular weight is 334 g/mol. The van der Waals surface area contributed by atoms with Crippen LogP contribution in [0.2, 0.25) is 0 Å². The first kappa shape index (κ1) is 16.8. The van der Waals surface area contributed by atoms with Crippen LogP contribution in [0.15, 0.2) is 48.5 Å². The van der Waals surface area contributed by atoms with Crippen LogP contribution in [-0.4, -0.2) is 37.1 Å². The highest BCUT2D eigenvalue weighted by Gasteiger charge is 2.22. The summed E-state index contributed by atoms with van der Waals surface area (Å²) in [7, 11) is 0. The highest BCUT2D eigenvalue weighted by atomic mass is 16.2. The first-order chi connectivity index (χ1) is 12.2. The molecule has 2 amide bonds. The highest BCUT2D eigenvalue weighted by molar-refractivity contribution is 5.91. The summed E-state index contributed by atoms with van der Waals surface area (Å²) in [5.74, 6) is 0. The van der Waals surface area contributed by atoms with Gasteiger partial charge in [-0.2, -0.15) is 5.26 Å². The first-order valence-corrected chi connectivity index (χ1v) is 8.61. The molecule has 2 aromatic rings. The summed E-state index contributed by atoms with van der Waals surface area (Å²) in [6.07, 6.45) is 1.00. The Balaban J connectivity index is 1.62. The molecule has 0 aromatic heterocycles. The number of amides is 2. The number of benzene rings is 2. The van der Waals surface area contributed by atoms with E-state index in [-0.39, 0.29) is 6.03 Å². The summed E-state index contributed by atoms with van der Waals surface area (Å²) in [4.78, 5) is 16.6. The van der Waals surface area contributed by atoms with Gasteiger partial charge in [-0.1, -0.05) is 37.3 Å². The van der Waals surface area contributed by atoms with Crippen LogP contribution in [0.4, 0.5) is 16.2 Å². The van der Waals surface area contributed by atoms with Gasteiger partial charge in [0.15, 0.2) is 0 Å². The standard InChI is InChI=1S/C20H22N4O/c1-2-16-7-4-6-10-19(16)23-11-13-24(14-12-23)20(25)22-18-9-5-3-8-17(18)15-21/h3-10H,2,11-14H2,1H3,(H,22,25). The average Bonchev–Trinajstić information content (AvgIpc) is 2.68. The van der Waals surface area contributed by atoms with Crippen molar-refractivity contribution in [1.29, 1.82) is 5.26 Å². The van der Waals surface area contributed by atoms with Crippen molar-refractivity contribution >= 4 is 17.4 Å². The number of carbonyl (C=O) groups excluding carboxylic acids is 1. The van der Waals surface area contributed by atoms with Crippen molar-refractivity contribution in [1.82, 2.24) is 4.90 Å².